The fourth-order valence-electron chi connectivity index (χ4n) is 2.80. The molecule has 1 N–H and O–H groups in total. The van der Waals surface area contributed by atoms with E-state index in [-0.39, 0.29) is 0 Å². The highest BCUT2D eigenvalue weighted by atomic mass is 15.1. The number of benzene rings is 1. The van der Waals surface area contributed by atoms with Gasteiger partial charge < -0.3 is 5.32 Å². The summed E-state index contributed by atoms with van der Waals surface area (Å²) in [4.78, 5) is 2.48. The fraction of sp³-hybridized carbons (Fsp3) is 0.529. The number of rotatable bonds is 6. The molecule has 0 unspecified atom stereocenters. The Morgan fingerprint density at radius 1 is 1.32 bits per heavy atom. The molecule has 0 aliphatic carbocycles. The van der Waals surface area contributed by atoms with Crippen molar-refractivity contribution in [3.63, 3.8) is 0 Å². The number of piperidine rings is 1. The third kappa shape index (κ3) is 4.48. The Morgan fingerprint density at radius 3 is 2.74 bits per heavy atom. The van der Waals surface area contributed by atoms with E-state index in [1.807, 2.05) is 6.08 Å². The summed E-state index contributed by atoms with van der Waals surface area (Å²) in [5, 5.41) is 3.71. The van der Waals surface area contributed by atoms with Gasteiger partial charge in [-0.05, 0) is 56.9 Å². The van der Waals surface area contributed by atoms with Gasteiger partial charge in [-0.25, -0.2) is 0 Å². The fourth-order valence-corrected chi connectivity index (χ4v) is 2.80. The van der Waals surface area contributed by atoms with Crippen LogP contribution in [0.25, 0.3) is 0 Å². The van der Waals surface area contributed by atoms with Crippen molar-refractivity contribution in [1.29, 1.82) is 0 Å². The van der Waals surface area contributed by atoms with Crippen LogP contribution in [0.2, 0.25) is 0 Å². The van der Waals surface area contributed by atoms with Crippen molar-refractivity contribution >= 4 is 0 Å². The first-order chi connectivity index (χ1) is 9.29. The molecule has 1 heterocycles. The molecule has 2 nitrogen and oxygen atoms in total. The van der Waals surface area contributed by atoms with Crippen molar-refractivity contribution in [3.05, 3.63) is 48.0 Å². The summed E-state index contributed by atoms with van der Waals surface area (Å²) in [5.41, 5.74) is 2.88. The number of nitrogens with one attached hydrogen (secondary N) is 1. The van der Waals surface area contributed by atoms with E-state index in [0.717, 1.165) is 19.5 Å². The Bertz CT molecular complexity index is 392. The lowest BCUT2D eigenvalue weighted by molar-refractivity contribution is 0.216. The Morgan fingerprint density at radius 2 is 2.05 bits per heavy atom. The summed E-state index contributed by atoms with van der Waals surface area (Å²) in [6.07, 6.45) is 5.68. The van der Waals surface area contributed by atoms with Gasteiger partial charge >= 0.3 is 0 Å². The molecule has 1 aromatic rings. The summed E-state index contributed by atoms with van der Waals surface area (Å²) in [5.74, 6) is 0. The van der Waals surface area contributed by atoms with E-state index in [1.165, 1.54) is 37.1 Å². The normalized spacial score (nSPS) is 17.5. The van der Waals surface area contributed by atoms with Gasteiger partial charge in [0.05, 0.1) is 0 Å². The number of nitrogens with zero attached hydrogens (tertiary/aromatic N) is 1. The van der Waals surface area contributed by atoms with E-state index in [9.17, 15) is 0 Å². The minimum atomic E-state index is 0.699. The van der Waals surface area contributed by atoms with Crippen LogP contribution >= 0.6 is 0 Å². The summed E-state index contributed by atoms with van der Waals surface area (Å²) >= 11 is 0. The molecule has 19 heavy (non-hydrogen) atoms. The average Bonchev–Trinajstić information content (AvgIpc) is 2.43. The smallest absolute Gasteiger partial charge is 0.0160 e. The molecule has 1 saturated heterocycles. The van der Waals surface area contributed by atoms with E-state index in [1.54, 1.807) is 0 Å². The van der Waals surface area contributed by atoms with E-state index in [0.29, 0.717) is 6.04 Å². The van der Waals surface area contributed by atoms with Crippen LogP contribution in [0, 0.1) is 6.92 Å². The van der Waals surface area contributed by atoms with E-state index < -0.39 is 0 Å². The van der Waals surface area contributed by atoms with Crippen molar-refractivity contribution in [1.82, 2.24) is 10.2 Å². The lowest BCUT2D eigenvalue weighted by atomic mass is 10.0. The lowest BCUT2D eigenvalue weighted by Gasteiger charge is -2.31. The predicted octanol–water partition coefficient (Wildman–Crippen LogP) is 2.78. The van der Waals surface area contributed by atoms with Crippen LogP contribution in [0.3, 0.4) is 0 Å². The van der Waals surface area contributed by atoms with Crippen LogP contribution in [-0.4, -0.2) is 37.1 Å². The standard InChI is InChI=1S/C17H26N2/c1-3-12-19-13-9-17(10-14-19)18-11-8-16-7-5-4-6-15(16)2/h3-7,17-18H,1,8-14H2,2H3. The molecule has 0 radical (unpaired) electrons. The molecule has 1 aliphatic rings. The third-order valence-electron chi connectivity index (χ3n) is 4.06. The minimum Gasteiger partial charge on any atom is -0.314 e. The number of likely N-dealkylation sites (tertiary alicyclic amines) is 1. The quantitative estimate of drug-likeness (QED) is 0.789. The Balaban J connectivity index is 1.67. The minimum absolute atomic E-state index is 0.699. The van der Waals surface area contributed by atoms with Crippen LogP contribution in [-0.2, 0) is 6.42 Å². The van der Waals surface area contributed by atoms with Gasteiger partial charge in [0.15, 0.2) is 0 Å². The SMILES string of the molecule is C=CCN1CCC(NCCc2ccccc2C)CC1. The van der Waals surface area contributed by atoms with Crippen LogP contribution in [0.5, 0.6) is 0 Å². The van der Waals surface area contributed by atoms with Crippen molar-refractivity contribution in [2.45, 2.75) is 32.2 Å². The number of hydrogen-bond acceptors (Lipinski definition) is 2. The summed E-state index contributed by atoms with van der Waals surface area (Å²) in [6, 6.07) is 9.38. The molecule has 2 heteroatoms. The molecule has 0 saturated carbocycles. The zero-order valence-corrected chi connectivity index (χ0v) is 12.1. The maximum absolute atomic E-state index is 3.81. The molecule has 1 aliphatic heterocycles. The Hall–Kier alpha value is -1.12. The van der Waals surface area contributed by atoms with Gasteiger partial charge in [-0.2, -0.15) is 0 Å². The zero-order chi connectivity index (χ0) is 13.5. The molecule has 1 aromatic carbocycles. The molecule has 0 bridgehead atoms. The first-order valence-electron chi connectivity index (χ1n) is 7.40. The van der Waals surface area contributed by atoms with Gasteiger partial charge in [-0.15, -0.1) is 6.58 Å². The summed E-state index contributed by atoms with van der Waals surface area (Å²) in [7, 11) is 0. The van der Waals surface area contributed by atoms with Gasteiger partial charge in [0.25, 0.3) is 0 Å². The van der Waals surface area contributed by atoms with Crippen molar-refractivity contribution in [2.24, 2.45) is 0 Å². The van der Waals surface area contributed by atoms with Crippen LogP contribution in [0.15, 0.2) is 36.9 Å². The monoisotopic (exact) mass is 258 g/mol. The van der Waals surface area contributed by atoms with Gasteiger partial charge in [0.2, 0.25) is 0 Å². The lowest BCUT2D eigenvalue weighted by Crippen LogP contribution is -2.43. The maximum Gasteiger partial charge on any atom is 0.0160 e. The Kier molecular flexibility index (Phi) is 5.62. The maximum atomic E-state index is 3.81. The molecule has 0 atom stereocenters. The van der Waals surface area contributed by atoms with E-state index in [4.69, 9.17) is 0 Å². The third-order valence-corrected chi connectivity index (χ3v) is 4.06. The summed E-state index contributed by atoms with van der Waals surface area (Å²) < 4.78 is 0. The molecule has 0 spiro atoms. The van der Waals surface area contributed by atoms with Crippen LogP contribution in [0.4, 0.5) is 0 Å². The second kappa shape index (κ2) is 7.46. The second-order valence-electron chi connectivity index (χ2n) is 5.49. The number of aryl methyl sites for hydroxylation is 1. The molecular formula is C17H26N2. The molecule has 1 fully saturated rings. The second-order valence-corrected chi connectivity index (χ2v) is 5.49. The largest absolute Gasteiger partial charge is 0.314 e. The van der Waals surface area contributed by atoms with E-state index in [2.05, 4.69) is 48.0 Å². The highest BCUT2D eigenvalue weighted by Gasteiger charge is 2.17. The average molecular weight is 258 g/mol. The van der Waals surface area contributed by atoms with E-state index >= 15 is 0 Å². The first kappa shape index (κ1) is 14.3. The predicted molar refractivity (Wildman–Crippen MR) is 82.5 cm³/mol. The molecule has 0 aromatic heterocycles. The van der Waals surface area contributed by atoms with Crippen molar-refractivity contribution in [3.8, 4) is 0 Å². The number of hydrogen-bond donors (Lipinski definition) is 1. The Labute approximate surface area is 117 Å². The van der Waals surface area contributed by atoms with Gasteiger partial charge in [-0.3, -0.25) is 4.90 Å². The molecular weight excluding hydrogens is 232 g/mol. The van der Waals surface area contributed by atoms with Gasteiger partial charge in [0, 0.05) is 12.6 Å². The molecule has 2 rings (SSSR count). The highest BCUT2D eigenvalue weighted by Crippen LogP contribution is 2.11. The highest BCUT2D eigenvalue weighted by molar-refractivity contribution is 5.25. The first-order valence-corrected chi connectivity index (χ1v) is 7.40. The van der Waals surface area contributed by atoms with Crippen LogP contribution in [0.1, 0.15) is 24.0 Å². The van der Waals surface area contributed by atoms with Crippen molar-refractivity contribution < 1.29 is 0 Å². The van der Waals surface area contributed by atoms with Crippen LogP contribution < -0.4 is 5.32 Å². The topological polar surface area (TPSA) is 15.3 Å². The molecule has 0 amide bonds. The summed E-state index contributed by atoms with van der Waals surface area (Å²) in [6.45, 7) is 10.5. The van der Waals surface area contributed by atoms with Gasteiger partial charge in [-0.1, -0.05) is 30.3 Å². The van der Waals surface area contributed by atoms with Gasteiger partial charge in [0.1, 0.15) is 0 Å². The van der Waals surface area contributed by atoms with Crippen molar-refractivity contribution in [2.75, 3.05) is 26.2 Å². The molecule has 104 valence electrons. The zero-order valence-electron chi connectivity index (χ0n) is 12.1.